The molecule has 4 heteroatoms. The molecule has 1 N–H and O–H groups in total. The Hall–Kier alpha value is -1.42. The van der Waals surface area contributed by atoms with Gasteiger partial charge in [-0.1, -0.05) is 25.3 Å². The lowest BCUT2D eigenvalue weighted by Gasteiger charge is -2.21. The molecular weight excluding hydrogens is 284 g/mol. The Morgan fingerprint density at radius 2 is 2.14 bits per heavy atom. The van der Waals surface area contributed by atoms with Gasteiger partial charge in [0.2, 0.25) is 0 Å². The number of benzene rings is 1. The van der Waals surface area contributed by atoms with E-state index in [0.29, 0.717) is 0 Å². The molecule has 0 aliphatic heterocycles. The largest absolute Gasteiger partial charge is 0.497 e. The van der Waals surface area contributed by atoms with E-state index in [2.05, 4.69) is 0 Å². The minimum atomic E-state index is -0.920. The van der Waals surface area contributed by atoms with Crippen LogP contribution in [0, 0.1) is 0 Å². The Labute approximate surface area is 130 Å². The minimum absolute atomic E-state index is 0.737. The third-order valence-corrected chi connectivity index (χ3v) is 5.20. The van der Waals surface area contributed by atoms with E-state index in [1.54, 1.807) is 13.2 Å². The lowest BCUT2D eigenvalue weighted by Crippen LogP contribution is -2.08. The molecule has 1 aliphatic rings. The van der Waals surface area contributed by atoms with Crippen LogP contribution >= 0.6 is 11.8 Å². The number of carboxylic acid groups (broad SMARTS) is 1. The van der Waals surface area contributed by atoms with Gasteiger partial charge in [0.15, 0.2) is 0 Å². The maximum atomic E-state index is 10.7. The second kappa shape index (κ2) is 8.13. The van der Waals surface area contributed by atoms with Crippen LogP contribution < -0.4 is 4.74 Å². The third-order valence-electron chi connectivity index (χ3n) is 3.78. The number of hydrogen-bond donors (Lipinski definition) is 1. The number of hydrogen-bond acceptors (Lipinski definition) is 3. The van der Waals surface area contributed by atoms with Gasteiger partial charge < -0.3 is 9.84 Å². The normalized spacial score (nSPS) is 16.2. The molecule has 1 saturated carbocycles. The number of rotatable bonds is 6. The van der Waals surface area contributed by atoms with Crippen LogP contribution in [-0.4, -0.2) is 23.4 Å². The van der Waals surface area contributed by atoms with Gasteiger partial charge in [0.1, 0.15) is 5.75 Å². The summed E-state index contributed by atoms with van der Waals surface area (Å²) in [6, 6.07) is 5.81. The van der Waals surface area contributed by atoms with Crippen molar-refractivity contribution in [2.75, 3.05) is 7.11 Å². The van der Waals surface area contributed by atoms with Gasteiger partial charge in [-0.05, 0) is 42.2 Å². The van der Waals surface area contributed by atoms with Gasteiger partial charge >= 0.3 is 5.97 Å². The molecule has 0 unspecified atom stereocenters. The molecule has 1 aromatic rings. The SMILES string of the molecule is COc1ccc(C=CC(=O)O)c(CSC2CCCCC2)c1. The fourth-order valence-electron chi connectivity index (χ4n) is 2.60. The van der Waals surface area contributed by atoms with E-state index < -0.39 is 5.97 Å². The van der Waals surface area contributed by atoms with E-state index in [9.17, 15) is 4.79 Å². The van der Waals surface area contributed by atoms with Crippen molar-refractivity contribution in [3.05, 3.63) is 35.4 Å². The predicted molar refractivity (Wildman–Crippen MR) is 87.8 cm³/mol. The van der Waals surface area contributed by atoms with Crippen LogP contribution in [-0.2, 0) is 10.5 Å². The van der Waals surface area contributed by atoms with Crippen LogP contribution in [0.5, 0.6) is 5.75 Å². The second-order valence-electron chi connectivity index (χ2n) is 5.31. The number of thioether (sulfide) groups is 1. The van der Waals surface area contributed by atoms with Crippen LogP contribution in [0.1, 0.15) is 43.2 Å². The molecule has 0 atom stereocenters. The molecule has 0 saturated heterocycles. The lowest BCUT2D eigenvalue weighted by molar-refractivity contribution is -0.131. The number of ether oxygens (including phenoxy) is 1. The van der Waals surface area contributed by atoms with Gasteiger partial charge in [-0.2, -0.15) is 11.8 Å². The van der Waals surface area contributed by atoms with Crippen LogP contribution in [0.25, 0.3) is 6.08 Å². The topological polar surface area (TPSA) is 46.5 Å². The Balaban J connectivity index is 2.08. The Morgan fingerprint density at radius 1 is 1.38 bits per heavy atom. The lowest BCUT2D eigenvalue weighted by atomic mass is 10.0. The fraction of sp³-hybridized carbons (Fsp3) is 0.471. The summed E-state index contributed by atoms with van der Waals surface area (Å²) in [6.45, 7) is 0. The van der Waals surface area contributed by atoms with Crippen molar-refractivity contribution in [3.63, 3.8) is 0 Å². The highest BCUT2D eigenvalue weighted by Gasteiger charge is 2.14. The molecule has 1 aromatic carbocycles. The van der Waals surface area contributed by atoms with Gasteiger partial charge in [-0.25, -0.2) is 4.79 Å². The summed E-state index contributed by atoms with van der Waals surface area (Å²) in [5.41, 5.74) is 2.10. The molecule has 3 nitrogen and oxygen atoms in total. The summed E-state index contributed by atoms with van der Waals surface area (Å²) >= 11 is 1.98. The Bertz CT molecular complexity index is 505. The average molecular weight is 306 g/mol. The molecule has 0 heterocycles. The van der Waals surface area contributed by atoms with Crippen LogP contribution in [0.4, 0.5) is 0 Å². The van der Waals surface area contributed by atoms with Gasteiger partial charge in [-0.15, -0.1) is 0 Å². The summed E-state index contributed by atoms with van der Waals surface area (Å²) in [6.07, 6.45) is 9.49. The molecular formula is C17H22O3S. The highest BCUT2D eigenvalue weighted by molar-refractivity contribution is 7.99. The van der Waals surface area contributed by atoms with Crippen LogP contribution in [0.15, 0.2) is 24.3 Å². The van der Waals surface area contributed by atoms with E-state index >= 15 is 0 Å². The zero-order chi connectivity index (χ0) is 15.1. The molecule has 0 aromatic heterocycles. The molecule has 0 bridgehead atoms. The van der Waals surface area contributed by atoms with Crippen molar-refractivity contribution in [1.29, 1.82) is 0 Å². The summed E-state index contributed by atoms with van der Waals surface area (Å²) in [5, 5.41) is 9.52. The maximum absolute atomic E-state index is 10.7. The monoisotopic (exact) mass is 306 g/mol. The molecule has 0 amide bonds. The standard InChI is InChI=1S/C17H22O3S/c1-20-15-9-7-13(8-10-17(18)19)14(11-15)12-21-16-5-3-2-4-6-16/h7-11,16H,2-6,12H2,1H3,(H,18,19). The van der Waals surface area contributed by atoms with Crippen LogP contribution in [0.2, 0.25) is 0 Å². The van der Waals surface area contributed by atoms with E-state index in [-0.39, 0.29) is 0 Å². The molecule has 2 rings (SSSR count). The van der Waals surface area contributed by atoms with E-state index in [4.69, 9.17) is 9.84 Å². The third kappa shape index (κ3) is 5.12. The summed E-state index contributed by atoms with van der Waals surface area (Å²) in [7, 11) is 1.65. The van der Waals surface area contributed by atoms with E-state index in [0.717, 1.165) is 27.9 Å². The second-order valence-corrected chi connectivity index (χ2v) is 6.60. The summed E-state index contributed by atoms with van der Waals surface area (Å²) in [5.74, 6) is 0.805. The summed E-state index contributed by atoms with van der Waals surface area (Å²) < 4.78 is 5.28. The van der Waals surface area contributed by atoms with Crippen molar-refractivity contribution >= 4 is 23.8 Å². The van der Waals surface area contributed by atoms with E-state index in [1.807, 2.05) is 30.0 Å². The quantitative estimate of drug-likeness (QED) is 0.793. The van der Waals surface area contributed by atoms with Gasteiger partial charge in [0.05, 0.1) is 7.11 Å². The van der Waals surface area contributed by atoms with E-state index in [1.165, 1.54) is 38.2 Å². The van der Waals surface area contributed by atoms with Gasteiger partial charge in [-0.3, -0.25) is 0 Å². The van der Waals surface area contributed by atoms with Gasteiger partial charge in [0, 0.05) is 17.1 Å². The smallest absolute Gasteiger partial charge is 0.328 e. The molecule has 0 radical (unpaired) electrons. The number of carboxylic acids is 1. The predicted octanol–water partition coefficient (Wildman–Crippen LogP) is 4.36. The first-order chi connectivity index (χ1) is 10.2. The number of aliphatic carboxylic acids is 1. The zero-order valence-corrected chi connectivity index (χ0v) is 13.2. The first-order valence-electron chi connectivity index (χ1n) is 7.38. The number of methoxy groups -OCH3 is 1. The van der Waals surface area contributed by atoms with Crippen molar-refractivity contribution in [3.8, 4) is 5.75 Å². The minimum Gasteiger partial charge on any atom is -0.497 e. The highest BCUT2D eigenvalue weighted by Crippen LogP contribution is 2.32. The number of carbonyl (C=O) groups is 1. The molecule has 21 heavy (non-hydrogen) atoms. The highest BCUT2D eigenvalue weighted by atomic mass is 32.2. The average Bonchev–Trinajstić information content (AvgIpc) is 2.52. The fourth-order valence-corrected chi connectivity index (χ4v) is 3.93. The zero-order valence-electron chi connectivity index (χ0n) is 12.4. The summed E-state index contributed by atoms with van der Waals surface area (Å²) in [4.78, 5) is 10.7. The van der Waals surface area contributed by atoms with Crippen LogP contribution in [0.3, 0.4) is 0 Å². The molecule has 1 fully saturated rings. The first-order valence-corrected chi connectivity index (χ1v) is 8.43. The molecule has 114 valence electrons. The molecule has 1 aliphatic carbocycles. The van der Waals surface area contributed by atoms with Crippen molar-refractivity contribution in [2.45, 2.75) is 43.1 Å². The maximum Gasteiger partial charge on any atom is 0.328 e. The van der Waals surface area contributed by atoms with Crippen molar-refractivity contribution < 1.29 is 14.6 Å². The molecule has 0 spiro atoms. The van der Waals surface area contributed by atoms with Crippen molar-refractivity contribution in [1.82, 2.24) is 0 Å². The van der Waals surface area contributed by atoms with Crippen molar-refractivity contribution in [2.24, 2.45) is 0 Å². The Kier molecular flexibility index (Phi) is 6.18. The van der Waals surface area contributed by atoms with Gasteiger partial charge in [0.25, 0.3) is 0 Å². The Morgan fingerprint density at radius 3 is 2.81 bits per heavy atom. The first kappa shape index (κ1) is 16.0.